The van der Waals surface area contributed by atoms with Gasteiger partial charge in [0.1, 0.15) is 5.67 Å². The molecule has 0 aromatic heterocycles. The number of hydrogen-bond acceptors (Lipinski definition) is 2. The third kappa shape index (κ3) is 3.78. The molecule has 0 aliphatic heterocycles. The van der Waals surface area contributed by atoms with Crippen LogP contribution < -0.4 is 4.72 Å². The number of sulfonamides is 1. The summed E-state index contributed by atoms with van der Waals surface area (Å²) in [6.45, 7) is 4.23. The van der Waals surface area contributed by atoms with Crippen molar-refractivity contribution in [1.29, 1.82) is 0 Å². The molecular formula is C12H18FNO2S. The van der Waals surface area contributed by atoms with Crippen molar-refractivity contribution >= 4 is 10.0 Å². The summed E-state index contributed by atoms with van der Waals surface area (Å²) in [5, 5.41) is -0.561. The molecule has 0 radical (unpaired) electrons. The lowest BCUT2D eigenvalue weighted by molar-refractivity contribution is 0.196. The maximum atomic E-state index is 14.3. The Morgan fingerprint density at radius 1 is 1.29 bits per heavy atom. The van der Waals surface area contributed by atoms with Crippen LogP contribution in [0.5, 0.6) is 0 Å². The molecule has 0 saturated carbocycles. The summed E-state index contributed by atoms with van der Waals surface area (Å²) < 4.78 is 39.6. The van der Waals surface area contributed by atoms with Crippen LogP contribution in [0.3, 0.4) is 0 Å². The van der Waals surface area contributed by atoms with E-state index in [1.807, 2.05) is 0 Å². The van der Waals surface area contributed by atoms with Crippen molar-refractivity contribution in [2.75, 3.05) is 6.54 Å². The molecule has 0 fully saturated rings. The van der Waals surface area contributed by atoms with Gasteiger partial charge in [0.25, 0.3) is 0 Å². The zero-order valence-electron chi connectivity index (χ0n) is 10.3. The molecule has 0 spiro atoms. The van der Waals surface area contributed by atoms with E-state index in [0.29, 0.717) is 5.56 Å². The molecule has 5 heteroatoms. The molecule has 1 N–H and O–H groups in total. The first-order valence-electron chi connectivity index (χ1n) is 5.48. The lowest BCUT2D eigenvalue weighted by atomic mass is 9.98. The van der Waals surface area contributed by atoms with Crippen molar-refractivity contribution in [3.05, 3.63) is 35.9 Å². The molecular weight excluding hydrogens is 241 g/mol. The number of rotatable bonds is 5. The Morgan fingerprint density at radius 2 is 1.82 bits per heavy atom. The quantitative estimate of drug-likeness (QED) is 0.881. The highest BCUT2D eigenvalue weighted by molar-refractivity contribution is 7.90. The van der Waals surface area contributed by atoms with E-state index in [1.165, 1.54) is 6.92 Å². The maximum absolute atomic E-state index is 14.3. The maximum Gasteiger partial charge on any atom is 0.214 e. The van der Waals surface area contributed by atoms with Gasteiger partial charge in [-0.25, -0.2) is 17.5 Å². The summed E-state index contributed by atoms with van der Waals surface area (Å²) in [5.41, 5.74) is -1.24. The Balaban J connectivity index is 2.76. The van der Waals surface area contributed by atoms with E-state index in [-0.39, 0.29) is 6.54 Å². The molecule has 1 unspecified atom stereocenters. The van der Waals surface area contributed by atoms with E-state index >= 15 is 0 Å². The van der Waals surface area contributed by atoms with Gasteiger partial charge in [-0.15, -0.1) is 0 Å². The van der Waals surface area contributed by atoms with Crippen molar-refractivity contribution in [3.8, 4) is 0 Å². The summed E-state index contributed by atoms with van der Waals surface area (Å²) in [6.07, 6.45) is 0. The highest BCUT2D eigenvalue weighted by Crippen LogP contribution is 2.24. The first-order valence-corrected chi connectivity index (χ1v) is 7.03. The van der Waals surface area contributed by atoms with Crippen LogP contribution >= 0.6 is 0 Å². The van der Waals surface area contributed by atoms with Gasteiger partial charge >= 0.3 is 0 Å². The van der Waals surface area contributed by atoms with Gasteiger partial charge in [0.05, 0.1) is 5.25 Å². The number of hydrogen-bond donors (Lipinski definition) is 1. The second-order valence-electron chi connectivity index (χ2n) is 4.48. The van der Waals surface area contributed by atoms with Gasteiger partial charge < -0.3 is 0 Å². The van der Waals surface area contributed by atoms with Crippen molar-refractivity contribution in [3.63, 3.8) is 0 Å². The number of halogens is 1. The molecule has 0 heterocycles. The Hall–Kier alpha value is -0.940. The van der Waals surface area contributed by atoms with Gasteiger partial charge in [0.2, 0.25) is 10.0 Å². The second kappa shape index (κ2) is 5.14. The molecule has 1 atom stereocenters. The molecule has 0 amide bonds. The van der Waals surface area contributed by atoms with Crippen molar-refractivity contribution < 1.29 is 12.8 Å². The van der Waals surface area contributed by atoms with Crippen LogP contribution in [0.15, 0.2) is 30.3 Å². The highest BCUT2D eigenvalue weighted by Gasteiger charge is 2.28. The topological polar surface area (TPSA) is 46.2 Å². The SMILES string of the molecule is CC(C)S(=O)(=O)NCC(C)(F)c1ccccc1. The third-order valence-electron chi connectivity index (χ3n) is 2.60. The fraction of sp³-hybridized carbons (Fsp3) is 0.500. The van der Waals surface area contributed by atoms with Crippen LogP contribution in [0.4, 0.5) is 4.39 Å². The van der Waals surface area contributed by atoms with Crippen LogP contribution in [0.1, 0.15) is 26.3 Å². The highest BCUT2D eigenvalue weighted by atomic mass is 32.2. The minimum absolute atomic E-state index is 0.252. The van der Waals surface area contributed by atoms with E-state index in [0.717, 1.165) is 0 Å². The lowest BCUT2D eigenvalue weighted by Gasteiger charge is -2.22. The van der Waals surface area contributed by atoms with Gasteiger partial charge in [-0.2, -0.15) is 0 Å². The Morgan fingerprint density at radius 3 is 2.29 bits per heavy atom. The molecule has 0 saturated heterocycles. The summed E-state index contributed by atoms with van der Waals surface area (Å²) >= 11 is 0. The molecule has 1 rings (SSSR count). The summed E-state index contributed by atoms with van der Waals surface area (Å²) in [4.78, 5) is 0. The van der Waals surface area contributed by atoms with Crippen molar-refractivity contribution in [1.82, 2.24) is 4.72 Å². The summed E-state index contributed by atoms with van der Waals surface area (Å²) in [5.74, 6) is 0. The molecule has 3 nitrogen and oxygen atoms in total. The normalized spacial score (nSPS) is 15.8. The lowest BCUT2D eigenvalue weighted by Crippen LogP contribution is -2.39. The van der Waals surface area contributed by atoms with Crippen molar-refractivity contribution in [2.24, 2.45) is 0 Å². The minimum atomic E-state index is -3.43. The van der Waals surface area contributed by atoms with Gasteiger partial charge in [-0.3, -0.25) is 0 Å². The van der Waals surface area contributed by atoms with E-state index in [1.54, 1.807) is 44.2 Å². The number of alkyl halides is 1. The first kappa shape index (κ1) is 14.1. The second-order valence-corrected chi connectivity index (χ2v) is 6.80. The molecule has 1 aromatic rings. The molecule has 0 bridgehead atoms. The van der Waals surface area contributed by atoms with E-state index < -0.39 is 20.9 Å². The molecule has 0 aliphatic carbocycles. The molecule has 0 aliphatic rings. The van der Waals surface area contributed by atoms with Gasteiger partial charge in [-0.05, 0) is 26.3 Å². The zero-order chi connectivity index (χ0) is 13.1. The Kier molecular flexibility index (Phi) is 4.27. The standard InChI is InChI=1S/C12H18FNO2S/c1-10(2)17(15,16)14-9-12(3,13)11-7-5-4-6-8-11/h4-8,10,14H,9H2,1-3H3. The van der Waals surface area contributed by atoms with Crippen LogP contribution in [0, 0.1) is 0 Å². The zero-order valence-corrected chi connectivity index (χ0v) is 11.1. The third-order valence-corrected chi connectivity index (χ3v) is 4.39. The predicted octanol–water partition coefficient (Wildman–Crippen LogP) is 2.20. The van der Waals surface area contributed by atoms with E-state index in [9.17, 15) is 12.8 Å². The average molecular weight is 259 g/mol. The van der Waals surface area contributed by atoms with E-state index in [4.69, 9.17) is 0 Å². The van der Waals surface area contributed by atoms with Gasteiger partial charge in [0.15, 0.2) is 0 Å². The minimum Gasteiger partial charge on any atom is -0.238 e. The smallest absolute Gasteiger partial charge is 0.214 e. The number of benzene rings is 1. The van der Waals surface area contributed by atoms with Crippen molar-refractivity contribution in [2.45, 2.75) is 31.7 Å². The summed E-state index contributed by atoms with van der Waals surface area (Å²) in [6, 6.07) is 8.53. The van der Waals surface area contributed by atoms with Crippen LogP contribution in [-0.2, 0) is 15.7 Å². The summed E-state index contributed by atoms with van der Waals surface area (Å²) in [7, 11) is -3.43. The van der Waals surface area contributed by atoms with Crippen LogP contribution in [-0.4, -0.2) is 20.2 Å². The van der Waals surface area contributed by atoms with Gasteiger partial charge in [-0.1, -0.05) is 30.3 Å². The average Bonchev–Trinajstić information content (AvgIpc) is 2.28. The molecule has 1 aromatic carbocycles. The number of nitrogens with one attached hydrogen (secondary N) is 1. The molecule has 17 heavy (non-hydrogen) atoms. The largest absolute Gasteiger partial charge is 0.238 e. The Bertz CT molecular complexity index is 455. The fourth-order valence-corrected chi connectivity index (χ4v) is 2.10. The fourth-order valence-electron chi connectivity index (χ4n) is 1.29. The van der Waals surface area contributed by atoms with Gasteiger partial charge in [0, 0.05) is 6.54 Å². The Labute approximate surface area is 102 Å². The molecule has 96 valence electrons. The van der Waals surface area contributed by atoms with E-state index in [2.05, 4.69) is 4.72 Å². The predicted molar refractivity (Wildman–Crippen MR) is 67.0 cm³/mol. The van der Waals surface area contributed by atoms with Crippen LogP contribution in [0.25, 0.3) is 0 Å². The first-order chi connectivity index (χ1) is 7.76. The van der Waals surface area contributed by atoms with Crippen LogP contribution in [0.2, 0.25) is 0 Å². The monoisotopic (exact) mass is 259 g/mol.